The average molecular weight is 460 g/mol. The zero-order valence-electron chi connectivity index (χ0n) is 18.6. The number of hydrogen-bond acceptors (Lipinski definition) is 4. The standard InChI is InChI=1S/C27H26ClN3O2/c1-18-15-16-31-24(17-18)30-25(26(31)29-19-9-3-2-4-10-19)21-12-6-8-14-23(21)33-27(32)20-11-5-7-13-22(20)28/h5-8,11-17,19,29H,2-4,9-10H2,1H3. The number of hydrogen-bond donors (Lipinski definition) is 1. The number of ether oxygens (including phenoxy) is 1. The topological polar surface area (TPSA) is 55.6 Å². The molecule has 168 valence electrons. The lowest BCUT2D eigenvalue weighted by Crippen LogP contribution is -2.23. The number of esters is 1. The lowest BCUT2D eigenvalue weighted by atomic mass is 9.95. The van der Waals surface area contributed by atoms with Gasteiger partial charge in [0.25, 0.3) is 0 Å². The van der Waals surface area contributed by atoms with E-state index in [1.165, 1.54) is 19.3 Å². The van der Waals surface area contributed by atoms with Gasteiger partial charge in [-0.2, -0.15) is 0 Å². The molecule has 1 aliphatic rings. The molecule has 5 rings (SSSR count). The third-order valence-corrected chi connectivity index (χ3v) is 6.50. The van der Waals surface area contributed by atoms with Gasteiger partial charge in [-0.3, -0.25) is 4.40 Å². The highest BCUT2D eigenvalue weighted by molar-refractivity contribution is 6.33. The van der Waals surface area contributed by atoms with E-state index in [4.69, 9.17) is 21.3 Å². The molecule has 0 aliphatic heterocycles. The van der Waals surface area contributed by atoms with Crippen molar-refractivity contribution in [1.29, 1.82) is 0 Å². The maximum Gasteiger partial charge on any atom is 0.345 e. The van der Waals surface area contributed by atoms with Crippen molar-refractivity contribution in [2.24, 2.45) is 0 Å². The van der Waals surface area contributed by atoms with E-state index in [2.05, 4.69) is 28.8 Å². The molecule has 1 fully saturated rings. The summed E-state index contributed by atoms with van der Waals surface area (Å²) in [4.78, 5) is 17.8. The van der Waals surface area contributed by atoms with Crippen molar-refractivity contribution >= 4 is 29.0 Å². The Bertz CT molecular complexity index is 1310. The first-order valence-electron chi connectivity index (χ1n) is 11.4. The molecule has 0 spiro atoms. The summed E-state index contributed by atoms with van der Waals surface area (Å²) in [6.07, 6.45) is 8.08. The summed E-state index contributed by atoms with van der Waals surface area (Å²) in [7, 11) is 0. The van der Waals surface area contributed by atoms with E-state index in [1.807, 2.05) is 24.4 Å². The number of pyridine rings is 1. The Morgan fingerprint density at radius 2 is 1.82 bits per heavy atom. The van der Waals surface area contributed by atoms with Crippen molar-refractivity contribution in [2.75, 3.05) is 5.32 Å². The Morgan fingerprint density at radius 3 is 2.64 bits per heavy atom. The van der Waals surface area contributed by atoms with Gasteiger partial charge in [0, 0.05) is 17.8 Å². The van der Waals surface area contributed by atoms with Crippen LogP contribution in [0.15, 0.2) is 66.9 Å². The number of carbonyl (C=O) groups is 1. The monoisotopic (exact) mass is 459 g/mol. The zero-order valence-corrected chi connectivity index (χ0v) is 19.3. The molecule has 6 heteroatoms. The molecule has 1 saturated carbocycles. The number of benzene rings is 2. The third-order valence-electron chi connectivity index (χ3n) is 6.17. The van der Waals surface area contributed by atoms with Crippen molar-refractivity contribution in [3.8, 4) is 17.0 Å². The highest BCUT2D eigenvalue weighted by atomic mass is 35.5. The molecule has 0 atom stereocenters. The predicted molar refractivity (Wildman–Crippen MR) is 132 cm³/mol. The minimum atomic E-state index is -0.491. The van der Waals surface area contributed by atoms with Crippen molar-refractivity contribution in [1.82, 2.24) is 9.38 Å². The van der Waals surface area contributed by atoms with Crippen molar-refractivity contribution in [2.45, 2.75) is 45.1 Å². The molecule has 4 aromatic rings. The van der Waals surface area contributed by atoms with Gasteiger partial charge in [-0.05, 0) is 61.7 Å². The van der Waals surface area contributed by atoms with Crippen LogP contribution in [0.1, 0.15) is 48.0 Å². The van der Waals surface area contributed by atoms with Crippen LogP contribution in [-0.2, 0) is 0 Å². The number of aromatic nitrogens is 2. The number of anilines is 1. The molecule has 0 unspecified atom stereocenters. The second-order valence-electron chi connectivity index (χ2n) is 8.59. The van der Waals surface area contributed by atoms with E-state index in [0.29, 0.717) is 22.4 Å². The smallest absolute Gasteiger partial charge is 0.345 e. The normalized spacial score (nSPS) is 14.4. The van der Waals surface area contributed by atoms with Crippen LogP contribution >= 0.6 is 11.6 Å². The summed E-state index contributed by atoms with van der Waals surface area (Å²) in [5.74, 6) is 0.891. The number of imidazole rings is 1. The van der Waals surface area contributed by atoms with Gasteiger partial charge in [-0.25, -0.2) is 9.78 Å². The van der Waals surface area contributed by atoms with Crippen molar-refractivity contribution in [3.05, 3.63) is 83.0 Å². The molecule has 1 N–H and O–H groups in total. The van der Waals surface area contributed by atoms with E-state index < -0.39 is 5.97 Å². The molecule has 1 aliphatic carbocycles. The predicted octanol–water partition coefficient (Wildman–Crippen LogP) is 6.93. The van der Waals surface area contributed by atoms with Gasteiger partial charge >= 0.3 is 5.97 Å². The molecular formula is C27H26ClN3O2. The van der Waals surface area contributed by atoms with E-state index in [0.717, 1.165) is 41.1 Å². The average Bonchev–Trinajstić information content (AvgIpc) is 3.17. The molecule has 0 radical (unpaired) electrons. The van der Waals surface area contributed by atoms with Crippen molar-refractivity contribution in [3.63, 3.8) is 0 Å². The van der Waals surface area contributed by atoms with E-state index in [1.54, 1.807) is 30.3 Å². The van der Waals surface area contributed by atoms with Gasteiger partial charge in [-0.1, -0.05) is 55.1 Å². The van der Waals surface area contributed by atoms with Gasteiger partial charge in [-0.15, -0.1) is 0 Å². The summed E-state index contributed by atoms with van der Waals surface area (Å²) in [5, 5.41) is 4.11. The fourth-order valence-electron chi connectivity index (χ4n) is 4.45. The number of para-hydroxylation sites is 1. The van der Waals surface area contributed by atoms with Gasteiger partial charge < -0.3 is 10.1 Å². The number of nitrogens with one attached hydrogen (secondary N) is 1. The molecule has 2 aromatic carbocycles. The van der Waals surface area contributed by atoms with Crippen LogP contribution in [0.4, 0.5) is 5.82 Å². The molecule has 0 bridgehead atoms. The quantitative estimate of drug-likeness (QED) is 0.260. The minimum absolute atomic E-state index is 0.333. The fraction of sp³-hybridized carbons (Fsp3) is 0.259. The first-order valence-corrected chi connectivity index (χ1v) is 11.8. The number of nitrogens with zero attached hydrogens (tertiary/aromatic N) is 2. The summed E-state index contributed by atoms with van der Waals surface area (Å²) in [6, 6.07) is 19.0. The van der Waals surface area contributed by atoms with E-state index in [-0.39, 0.29) is 0 Å². The van der Waals surface area contributed by atoms with Crippen LogP contribution < -0.4 is 10.1 Å². The Labute approximate surface area is 198 Å². The second-order valence-corrected chi connectivity index (χ2v) is 8.99. The molecular weight excluding hydrogens is 434 g/mol. The van der Waals surface area contributed by atoms with Gasteiger partial charge in [0.15, 0.2) is 0 Å². The fourth-order valence-corrected chi connectivity index (χ4v) is 4.66. The van der Waals surface area contributed by atoms with Crippen LogP contribution in [-0.4, -0.2) is 21.4 Å². The highest BCUT2D eigenvalue weighted by Gasteiger charge is 2.23. The highest BCUT2D eigenvalue weighted by Crippen LogP contribution is 2.37. The summed E-state index contributed by atoms with van der Waals surface area (Å²) in [6.45, 7) is 2.06. The maximum atomic E-state index is 12.9. The Morgan fingerprint density at radius 1 is 1.06 bits per heavy atom. The van der Waals surface area contributed by atoms with Gasteiger partial charge in [0.1, 0.15) is 22.9 Å². The Kier molecular flexibility index (Phi) is 6.05. The summed E-state index contributed by atoms with van der Waals surface area (Å²) in [5.41, 5.74) is 3.86. The number of aryl methyl sites for hydroxylation is 1. The SMILES string of the molecule is Cc1ccn2c(NC3CCCCC3)c(-c3ccccc3OC(=O)c3ccccc3Cl)nc2c1. The van der Waals surface area contributed by atoms with Crippen LogP contribution in [0.2, 0.25) is 5.02 Å². The van der Waals surface area contributed by atoms with Crippen LogP contribution in [0.25, 0.3) is 16.9 Å². The number of halogens is 1. The van der Waals surface area contributed by atoms with Gasteiger partial charge in [0.2, 0.25) is 0 Å². The van der Waals surface area contributed by atoms with Crippen LogP contribution in [0, 0.1) is 6.92 Å². The number of fused-ring (bicyclic) bond motifs is 1. The molecule has 5 nitrogen and oxygen atoms in total. The van der Waals surface area contributed by atoms with Crippen LogP contribution in [0.3, 0.4) is 0 Å². The summed E-state index contributed by atoms with van der Waals surface area (Å²) >= 11 is 6.22. The number of carbonyl (C=O) groups excluding carboxylic acids is 1. The molecule has 2 heterocycles. The molecule has 33 heavy (non-hydrogen) atoms. The lowest BCUT2D eigenvalue weighted by molar-refractivity contribution is 0.0736. The third kappa shape index (κ3) is 4.46. The second kappa shape index (κ2) is 9.28. The Balaban J connectivity index is 1.57. The lowest BCUT2D eigenvalue weighted by Gasteiger charge is -2.24. The maximum absolute atomic E-state index is 12.9. The largest absolute Gasteiger partial charge is 0.422 e. The Hall–Kier alpha value is -3.31. The zero-order chi connectivity index (χ0) is 22.8. The number of rotatable bonds is 5. The molecule has 0 amide bonds. The minimum Gasteiger partial charge on any atom is -0.422 e. The molecule has 2 aromatic heterocycles. The first-order chi connectivity index (χ1) is 16.1. The summed E-state index contributed by atoms with van der Waals surface area (Å²) < 4.78 is 7.92. The van der Waals surface area contributed by atoms with Gasteiger partial charge in [0.05, 0.1) is 10.6 Å². The van der Waals surface area contributed by atoms with Crippen LogP contribution in [0.5, 0.6) is 5.75 Å². The van der Waals surface area contributed by atoms with Crippen molar-refractivity contribution < 1.29 is 9.53 Å². The van der Waals surface area contributed by atoms with E-state index >= 15 is 0 Å². The van der Waals surface area contributed by atoms with E-state index in [9.17, 15) is 4.79 Å². The molecule has 0 saturated heterocycles. The first kappa shape index (κ1) is 21.5.